The van der Waals surface area contributed by atoms with Crippen molar-refractivity contribution < 1.29 is 4.74 Å². The van der Waals surface area contributed by atoms with Crippen molar-refractivity contribution in [2.45, 2.75) is 32.2 Å². The zero-order valence-corrected chi connectivity index (χ0v) is 11.8. The van der Waals surface area contributed by atoms with E-state index in [1.54, 1.807) is 7.11 Å². The Kier molecular flexibility index (Phi) is 5.85. The summed E-state index contributed by atoms with van der Waals surface area (Å²) in [7, 11) is 3.71. The number of ether oxygens (including phenoxy) is 1. The Morgan fingerprint density at radius 1 is 1.44 bits per heavy atom. The topological polar surface area (TPSA) is 21.3 Å². The van der Waals surface area contributed by atoms with E-state index in [0.29, 0.717) is 6.04 Å². The van der Waals surface area contributed by atoms with Crippen LogP contribution in [0.25, 0.3) is 0 Å². The van der Waals surface area contributed by atoms with E-state index in [2.05, 4.69) is 40.3 Å². The molecule has 0 amide bonds. The number of hydrogen-bond acceptors (Lipinski definition) is 2. The second-order valence-corrected chi connectivity index (χ2v) is 4.89. The van der Waals surface area contributed by atoms with Gasteiger partial charge in [-0.3, -0.25) is 0 Å². The van der Waals surface area contributed by atoms with Gasteiger partial charge in [0.05, 0.1) is 7.11 Å². The molecule has 1 aromatic rings. The molecule has 0 aliphatic rings. The van der Waals surface area contributed by atoms with Gasteiger partial charge >= 0.3 is 0 Å². The second-order valence-electron chi connectivity index (χ2n) is 4.04. The highest BCUT2D eigenvalue weighted by Gasteiger charge is 2.03. The van der Waals surface area contributed by atoms with E-state index in [-0.39, 0.29) is 0 Å². The SMILES string of the molecule is CNC(C)CCCc1cc(OC)ccc1Br. The number of nitrogens with one attached hydrogen (secondary N) is 1. The molecule has 0 aliphatic heterocycles. The molecule has 1 aromatic carbocycles. The fourth-order valence-corrected chi connectivity index (χ4v) is 2.06. The second kappa shape index (κ2) is 6.92. The quantitative estimate of drug-likeness (QED) is 0.865. The largest absolute Gasteiger partial charge is 0.497 e. The van der Waals surface area contributed by atoms with Crippen LogP contribution in [-0.2, 0) is 6.42 Å². The molecular formula is C13H20BrNO. The number of rotatable bonds is 6. The molecule has 0 aliphatic carbocycles. The molecule has 1 atom stereocenters. The third kappa shape index (κ3) is 4.14. The van der Waals surface area contributed by atoms with Gasteiger partial charge in [-0.1, -0.05) is 15.9 Å². The lowest BCUT2D eigenvalue weighted by molar-refractivity contribution is 0.414. The molecule has 3 heteroatoms. The maximum atomic E-state index is 5.23. The average Bonchev–Trinajstić information content (AvgIpc) is 2.31. The molecule has 0 radical (unpaired) electrons. The Hall–Kier alpha value is -0.540. The van der Waals surface area contributed by atoms with E-state index in [4.69, 9.17) is 4.74 Å². The van der Waals surface area contributed by atoms with Crippen molar-refractivity contribution in [2.75, 3.05) is 14.2 Å². The smallest absolute Gasteiger partial charge is 0.119 e. The van der Waals surface area contributed by atoms with Crippen LogP contribution in [0.3, 0.4) is 0 Å². The van der Waals surface area contributed by atoms with Gasteiger partial charge in [0.15, 0.2) is 0 Å². The molecule has 0 spiro atoms. The van der Waals surface area contributed by atoms with Crippen LogP contribution in [0.4, 0.5) is 0 Å². The molecule has 0 saturated heterocycles. The first-order chi connectivity index (χ1) is 7.67. The van der Waals surface area contributed by atoms with Crippen LogP contribution in [0.2, 0.25) is 0 Å². The van der Waals surface area contributed by atoms with Gasteiger partial charge in [0, 0.05) is 10.5 Å². The highest BCUT2D eigenvalue weighted by molar-refractivity contribution is 9.10. The predicted octanol–water partition coefficient (Wildman–Crippen LogP) is 3.39. The third-order valence-corrected chi connectivity index (χ3v) is 3.60. The lowest BCUT2D eigenvalue weighted by atomic mass is 10.1. The molecule has 1 rings (SSSR count). The molecule has 1 unspecified atom stereocenters. The van der Waals surface area contributed by atoms with Gasteiger partial charge in [0.25, 0.3) is 0 Å². The minimum Gasteiger partial charge on any atom is -0.497 e. The van der Waals surface area contributed by atoms with Gasteiger partial charge in [-0.25, -0.2) is 0 Å². The van der Waals surface area contributed by atoms with Gasteiger partial charge < -0.3 is 10.1 Å². The fourth-order valence-electron chi connectivity index (χ4n) is 1.61. The molecule has 90 valence electrons. The van der Waals surface area contributed by atoms with Gasteiger partial charge in [-0.05, 0) is 57.0 Å². The van der Waals surface area contributed by atoms with Crippen molar-refractivity contribution in [2.24, 2.45) is 0 Å². The molecule has 0 fully saturated rings. The fraction of sp³-hybridized carbons (Fsp3) is 0.538. The van der Waals surface area contributed by atoms with E-state index in [1.807, 2.05) is 13.1 Å². The summed E-state index contributed by atoms with van der Waals surface area (Å²) in [5, 5.41) is 3.25. The zero-order chi connectivity index (χ0) is 12.0. The molecular weight excluding hydrogens is 266 g/mol. The average molecular weight is 286 g/mol. The third-order valence-electron chi connectivity index (χ3n) is 2.83. The van der Waals surface area contributed by atoms with E-state index >= 15 is 0 Å². The first kappa shape index (κ1) is 13.5. The summed E-state index contributed by atoms with van der Waals surface area (Å²) in [4.78, 5) is 0. The first-order valence-electron chi connectivity index (χ1n) is 5.67. The molecule has 0 saturated carbocycles. The van der Waals surface area contributed by atoms with Crippen molar-refractivity contribution in [3.05, 3.63) is 28.2 Å². The maximum Gasteiger partial charge on any atom is 0.119 e. The number of aryl methyl sites for hydroxylation is 1. The van der Waals surface area contributed by atoms with Crippen LogP contribution in [0, 0.1) is 0 Å². The first-order valence-corrected chi connectivity index (χ1v) is 6.46. The normalized spacial score (nSPS) is 12.5. The highest BCUT2D eigenvalue weighted by Crippen LogP contribution is 2.24. The van der Waals surface area contributed by atoms with Crippen molar-refractivity contribution in [1.29, 1.82) is 0 Å². The summed E-state index contributed by atoms with van der Waals surface area (Å²) in [5.74, 6) is 0.930. The number of halogens is 1. The minimum atomic E-state index is 0.587. The number of methoxy groups -OCH3 is 1. The van der Waals surface area contributed by atoms with E-state index in [1.165, 1.54) is 22.9 Å². The predicted molar refractivity (Wildman–Crippen MR) is 72.2 cm³/mol. The van der Waals surface area contributed by atoms with Crippen LogP contribution in [0.15, 0.2) is 22.7 Å². The maximum absolute atomic E-state index is 5.23. The van der Waals surface area contributed by atoms with Crippen LogP contribution in [0.1, 0.15) is 25.3 Å². The van der Waals surface area contributed by atoms with Gasteiger partial charge in [-0.15, -0.1) is 0 Å². The highest BCUT2D eigenvalue weighted by atomic mass is 79.9. The standard InChI is InChI=1S/C13H20BrNO/c1-10(15-2)5-4-6-11-9-12(16-3)7-8-13(11)14/h7-10,15H,4-6H2,1-3H3. The van der Waals surface area contributed by atoms with Crippen LogP contribution in [0.5, 0.6) is 5.75 Å². The Labute approximate surface area is 107 Å². The summed E-state index contributed by atoms with van der Waals surface area (Å²) in [6, 6.07) is 6.72. The van der Waals surface area contributed by atoms with Crippen molar-refractivity contribution in [3.63, 3.8) is 0 Å². The Balaban J connectivity index is 2.52. The lowest BCUT2D eigenvalue weighted by Gasteiger charge is -2.11. The Morgan fingerprint density at radius 2 is 2.19 bits per heavy atom. The van der Waals surface area contributed by atoms with Gasteiger partial charge in [-0.2, -0.15) is 0 Å². The lowest BCUT2D eigenvalue weighted by Crippen LogP contribution is -2.20. The number of hydrogen-bond donors (Lipinski definition) is 1. The molecule has 0 heterocycles. The van der Waals surface area contributed by atoms with Gasteiger partial charge in [0.1, 0.15) is 5.75 Å². The van der Waals surface area contributed by atoms with E-state index in [9.17, 15) is 0 Å². The molecule has 0 aromatic heterocycles. The van der Waals surface area contributed by atoms with Crippen LogP contribution >= 0.6 is 15.9 Å². The monoisotopic (exact) mass is 285 g/mol. The van der Waals surface area contributed by atoms with E-state index < -0.39 is 0 Å². The number of benzene rings is 1. The summed E-state index contributed by atoms with van der Waals surface area (Å²) in [6.07, 6.45) is 3.47. The van der Waals surface area contributed by atoms with Crippen LogP contribution in [-0.4, -0.2) is 20.2 Å². The zero-order valence-electron chi connectivity index (χ0n) is 10.2. The van der Waals surface area contributed by atoms with Crippen molar-refractivity contribution >= 4 is 15.9 Å². The summed E-state index contributed by atoms with van der Waals surface area (Å²) in [5.41, 5.74) is 1.32. The molecule has 1 N–H and O–H groups in total. The Bertz CT molecular complexity index is 328. The van der Waals surface area contributed by atoms with Gasteiger partial charge in [0.2, 0.25) is 0 Å². The summed E-state index contributed by atoms with van der Waals surface area (Å²) in [6.45, 7) is 2.21. The molecule has 0 bridgehead atoms. The summed E-state index contributed by atoms with van der Waals surface area (Å²) < 4.78 is 6.40. The summed E-state index contributed by atoms with van der Waals surface area (Å²) >= 11 is 3.57. The van der Waals surface area contributed by atoms with E-state index in [0.717, 1.165) is 12.2 Å². The molecule has 2 nitrogen and oxygen atoms in total. The van der Waals surface area contributed by atoms with Crippen LogP contribution < -0.4 is 10.1 Å². The van der Waals surface area contributed by atoms with Crippen molar-refractivity contribution in [3.8, 4) is 5.75 Å². The molecule has 16 heavy (non-hydrogen) atoms. The minimum absolute atomic E-state index is 0.587. The Morgan fingerprint density at radius 3 is 2.81 bits per heavy atom. The van der Waals surface area contributed by atoms with Crippen molar-refractivity contribution in [1.82, 2.24) is 5.32 Å².